The fourth-order valence-corrected chi connectivity index (χ4v) is 1.87. The smallest absolute Gasteiger partial charge is 0.234 e. The zero-order valence-electron chi connectivity index (χ0n) is 11.6. The summed E-state index contributed by atoms with van der Waals surface area (Å²) in [6, 6.07) is 0.266. The van der Waals surface area contributed by atoms with Crippen molar-refractivity contribution in [2.75, 3.05) is 13.1 Å². The van der Waals surface area contributed by atoms with Crippen molar-refractivity contribution < 1.29 is 4.79 Å². The average molecular weight is 252 g/mol. The van der Waals surface area contributed by atoms with Gasteiger partial charge in [-0.1, -0.05) is 13.3 Å². The van der Waals surface area contributed by atoms with Gasteiger partial charge in [0.1, 0.15) is 0 Å². The van der Waals surface area contributed by atoms with Crippen molar-refractivity contribution in [3.05, 3.63) is 18.0 Å². The summed E-state index contributed by atoms with van der Waals surface area (Å²) >= 11 is 0. The molecule has 18 heavy (non-hydrogen) atoms. The Kier molecular flexibility index (Phi) is 6.43. The number of aryl methyl sites for hydroxylation is 1. The third-order valence-electron chi connectivity index (χ3n) is 2.76. The molecule has 0 saturated carbocycles. The molecule has 0 aliphatic rings. The van der Waals surface area contributed by atoms with Gasteiger partial charge >= 0.3 is 0 Å². The molecule has 5 heteroatoms. The van der Waals surface area contributed by atoms with Crippen LogP contribution in [-0.2, 0) is 18.3 Å². The lowest BCUT2D eigenvalue weighted by molar-refractivity contribution is -0.120. The van der Waals surface area contributed by atoms with Crippen molar-refractivity contribution >= 4 is 5.91 Å². The van der Waals surface area contributed by atoms with E-state index in [9.17, 15) is 4.79 Å². The van der Waals surface area contributed by atoms with E-state index in [0.717, 1.165) is 25.8 Å². The SMILES string of the molecule is CCCC(C)NC(=O)CNCCc1cnn(C)c1. The van der Waals surface area contributed by atoms with E-state index >= 15 is 0 Å². The highest BCUT2D eigenvalue weighted by atomic mass is 16.1. The molecule has 0 fully saturated rings. The number of aromatic nitrogens is 2. The maximum Gasteiger partial charge on any atom is 0.234 e. The first-order valence-corrected chi connectivity index (χ1v) is 6.59. The number of rotatable bonds is 8. The van der Waals surface area contributed by atoms with Gasteiger partial charge in [-0.25, -0.2) is 0 Å². The monoisotopic (exact) mass is 252 g/mol. The molecule has 0 aliphatic carbocycles. The van der Waals surface area contributed by atoms with Crippen molar-refractivity contribution in [3.63, 3.8) is 0 Å². The third-order valence-corrected chi connectivity index (χ3v) is 2.76. The van der Waals surface area contributed by atoms with Crippen LogP contribution in [0.5, 0.6) is 0 Å². The summed E-state index contributed by atoms with van der Waals surface area (Å²) in [5, 5.41) is 10.2. The van der Waals surface area contributed by atoms with E-state index in [1.54, 1.807) is 4.68 Å². The standard InChI is InChI=1S/C13H24N4O/c1-4-5-11(2)16-13(18)9-14-7-6-12-8-15-17(3)10-12/h8,10-11,14H,4-7,9H2,1-3H3,(H,16,18). The van der Waals surface area contributed by atoms with Crippen LogP contribution in [-0.4, -0.2) is 34.8 Å². The first kappa shape index (κ1) is 14.7. The van der Waals surface area contributed by atoms with Crippen molar-refractivity contribution in [1.29, 1.82) is 0 Å². The predicted molar refractivity (Wildman–Crippen MR) is 72.3 cm³/mol. The molecule has 1 rings (SSSR count). The van der Waals surface area contributed by atoms with Gasteiger partial charge in [0.25, 0.3) is 0 Å². The first-order valence-electron chi connectivity index (χ1n) is 6.59. The van der Waals surface area contributed by atoms with Crippen molar-refractivity contribution in [3.8, 4) is 0 Å². The molecule has 0 spiro atoms. The maximum atomic E-state index is 11.6. The van der Waals surface area contributed by atoms with E-state index in [1.807, 2.05) is 26.4 Å². The largest absolute Gasteiger partial charge is 0.353 e. The quantitative estimate of drug-likeness (QED) is 0.675. The molecule has 1 unspecified atom stereocenters. The number of nitrogens with one attached hydrogen (secondary N) is 2. The number of carbonyl (C=O) groups is 1. The van der Waals surface area contributed by atoms with E-state index in [1.165, 1.54) is 5.56 Å². The molecule has 0 saturated heterocycles. The molecule has 0 bridgehead atoms. The fourth-order valence-electron chi connectivity index (χ4n) is 1.87. The zero-order valence-corrected chi connectivity index (χ0v) is 11.6. The molecule has 1 aromatic heterocycles. The number of hydrogen-bond donors (Lipinski definition) is 2. The van der Waals surface area contributed by atoms with Gasteiger partial charge in [0, 0.05) is 19.3 Å². The summed E-state index contributed by atoms with van der Waals surface area (Å²) in [6.07, 6.45) is 6.86. The Morgan fingerprint density at radius 1 is 1.56 bits per heavy atom. The minimum atomic E-state index is 0.0714. The molecule has 1 atom stereocenters. The summed E-state index contributed by atoms with van der Waals surface area (Å²) in [7, 11) is 1.90. The van der Waals surface area contributed by atoms with E-state index < -0.39 is 0 Å². The van der Waals surface area contributed by atoms with Crippen LogP contribution in [0.15, 0.2) is 12.4 Å². The molecule has 1 aromatic rings. The molecular formula is C13H24N4O. The van der Waals surface area contributed by atoms with Crippen LogP contribution < -0.4 is 10.6 Å². The molecule has 0 aromatic carbocycles. The summed E-state index contributed by atoms with van der Waals surface area (Å²) in [6.45, 7) is 5.33. The van der Waals surface area contributed by atoms with Crippen LogP contribution in [0.25, 0.3) is 0 Å². The number of nitrogens with zero attached hydrogens (tertiary/aromatic N) is 2. The van der Waals surface area contributed by atoms with Crippen LogP contribution >= 0.6 is 0 Å². The van der Waals surface area contributed by atoms with Crippen LogP contribution in [0, 0.1) is 0 Å². The summed E-state index contributed by atoms with van der Waals surface area (Å²) in [5.41, 5.74) is 1.18. The van der Waals surface area contributed by atoms with Gasteiger partial charge in [0.2, 0.25) is 5.91 Å². The summed E-state index contributed by atoms with van der Waals surface area (Å²) in [5.74, 6) is 0.0714. The highest BCUT2D eigenvalue weighted by Gasteiger charge is 2.05. The molecule has 0 aliphatic heterocycles. The van der Waals surface area contributed by atoms with Gasteiger partial charge in [-0.3, -0.25) is 9.48 Å². The lowest BCUT2D eigenvalue weighted by atomic mass is 10.2. The molecule has 2 N–H and O–H groups in total. The highest BCUT2D eigenvalue weighted by Crippen LogP contribution is 1.96. The molecular weight excluding hydrogens is 228 g/mol. The van der Waals surface area contributed by atoms with Crippen molar-refractivity contribution in [2.24, 2.45) is 7.05 Å². The number of amides is 1. The van der Waals surface area contributed by atoms with Crippen molar-refractivity contribution in [1.82, 2.24) is 20.4 Å². The minimum absolute atomic E-state index is 0.0714. The third kappa shape index (κ3) is 5.82. The second-order valence-corrected chi connectivity index (χ2v) is 4.71. The molecule has 102 valence electrons. The van der Waals surface area contributed by atoms with Gasteiger partial charge in [0.15, 0.2) is 0 Å². The Morgan fingerprint density at radius 2 is 2.33 bits per heavy atom. The topological polar surface area (TPSA) is 59.0 Å². The Morgan fingerprint density at radius 3 is 2.94 bits per heavy atom. The Hall–Kier alpha value is -1.36. The normalized spacial score (nSPS) is 12.4. The number of carbonyl (C=O) groups excluding carboxylic acids is 1. The van der Waals surface area contributed by atoms with Crippen LogP contribution in [0.1, 0.15) is 32.3 Å². The number of hydrogen-bond acceptors (Lipinski definition) is 3. The Balaban J connectivity index is 2.08. The first-order chi connectivity index (χ1) is 8.61. The lowest BCUT2D eigenvalue weighted by Crippen LogP contribution is -2.39. The van der Waals surface area contributed by atoms with Gasteiger partial charge < -0.3 is 10.6 Å². The van der Waals surface area contributed by atoms with Gasteiger partial charge in [-0.15, -0.1) is 0 Å². The highest BCUT2D eigenvalue weighted by molar-refractivity contribution is 5.78. The van der Waals surface area contributed by atoms with Crippen LogP contribution in [0.4, 0.5) is 0 Å². The van der Waals surface area contributed by atoms with Crippen LogP contribution in [0.3, 0.4) is 0 Å². The average Bonchev–Trinajstić information content (AvgIpc) is 2.71. The minimum Gasteiger partial charge on any atom is -0.353 e. The van der Waals surface area contributed by atoms with Crippen molar-refractivity contribution in [2.45, 2.75) is 39.2 Å². The predicted octanol–water partition coefficient (Wildman–Crippen LogP) is 0.857. The van der Waals surface area contributed by atoms with E-state index in [-0.39, 0.29) is 11.9 Å². The van der Waals surface area contributed by atoms with E-state index in [0.29, 0.717) is 6.54 Å². The van der Waals surface area contributed by atoms with Crippen LogP contribution in [0.2, 0.25) is 0 Å². The molecule has 0 radical (unpaired) electrons. The van der Waals surface area contributed by atoms with Gasteiger partial charge in [-0.05, 0) is 31.9 Å². The lowest BCUT2D eigenvalue weighted by Gasteiger charge is -2.12. The Bertz CT molecular complexity index is 362. The van der Waals surface area contributed by atoms with E-state index in [2.05, 4.69) is 22.7 Å². The maximum absolute atomic E-state index is 11.6. The van der Waals surface area contributed by atoms with E-state index in [4.69, 9.17) is 0 Å². The second-order valence-electron chi connectivity index (χ2n) is 4.71. The van der Waals surface area contributed by atoms with Gasteiger partial charge in [-0.2, -0.15) is 5.10 Å². The summed E-state index contributed by atoms with van der Waals surface area (Å²) in [4.78, 5) is 11.6. The zero-order chi connectivity index (χ0) is 13.4. The summed E-state index contributed by atoms with van der Waals surface area (Å²) < 4.78 is 1.79. The fraction of sp³-hybridized carbons (Fsp3) is 0.692. The van der Waals surface area contributed by atoms with Gasteiger partial charge in [0.05, 0.1) is 12.7 Å². The Labute approximate surface area is 109 Å². The second kappa shape index (κ2) is 7.87. The molecule has 1 amide bonds. The molecule has 5 nitrogen and oxygen atoms in total. The molecule has 1 heterocycles.